The third-order valence-electron chi connectivity index (χ3n) is 4.26. The maximum atomic E-state index is 12.8. The van der Waals surface area contributed by atoms with E-state index in [1.807, 2.05) is 6.92 Å². The zero-order valence-corrected chi connectivity index (χ0v) is 14.5. The molecule has 0 saturated carbocycles. The molecule has 0 bridgehead atoms. The number of nitrogens with one attached hydrogen (secondary N) is 1. The molecular formula is C15H20N4O4S. The van der Waals surface area contributed by atoms with Crippen molar-refractivity contribution in [2.45, 2.75) is 43.5 Å². The topological polar surface area (TPSA) is 109 Å². The van der Waals surface area contributed by atoms with Gasteiger partial charge in [0.2, 0.25) is 0 Å². The fourth-order valence-electron chi connectivity index (χ4n) is 3.02. The van der Waals surface area contributed by atoms with E-state index < -0.39 is 9.84 Å². The van der Waals surface area contributed by atoms with Crippen molar-refractivity contribution in [2.75, 3.05) is 12.8 Å². The van der Waals surface area contributed by atoms with Crippen molar-refractivity contribution >= 4 is 15.7 Å². The van der Waals surface area contributed by atoms with Crippen LogP contribution in [0.4, 0.5) is 0 Å². The van der Waals surface area contributed by atoms with E-state index in [1.165, 1.54) is 6.20 Å². The monoisotopic (exact) mass is 352 g/mol. The number of hydrogen-bond acceptors (Lipinski definition) is 6. The molecule has 3 rings (SSSR count). The van der Waals surface area contributed by atoms with Gasteiger partial charge in [-0.25, -0.2) is 8.42 Å². The van der Waals surface area contributed by atoms with Gasteiger partial charge in [-0.05, 0) is 19.3 Å². The highest BCUT2D eigenvalue weighted by molar-refractivity contribution is 7.90. The predicted octanol–water partition coefficient (Wildman–Crippen LogP) is 1.73. The average molecular weight is 352 g/mol. The van der Waals surface area contributed by atoms with Crippen molar-refractivity contribution in [3.8, 4) is 0 Å². The summed E-state index contributed by atoms with van der Waals surface area (Å²) in [6, 6.07) is 1.28. The first kappa shape index (κ1) is 16.7. The lowest BCUT2D eigenvalue weighted by atomic mass is 9.99. The number of nitrogens with zero attached hydrogens (tertiary/aromatic N) is 3. The molecule has 0 aliphatic carbocycles. The van der Waals surface area contributed by atoms with Crippen molar-refractivity contribution in [3.05, 3.63) is 29.4 Å². The lowest BCUT2D eigenvalue weighted by molar-refractivity contribution is 0.0591. The van der Waals surface area contributed by atoms with Gasteiger partial charge in [0, 0.05) is 25.3 Å². The molecule has 1 N–H and O–H groups in total. The van der Waals surface area contributed by atoms with Crippen LogP contribution in [0, 0.1) is 0 Å². The summed E-state index contributed by atoms with van der Waals surface area (Å²) in [5.41, 5.74) is 0.712. The SMILES string of the molecule is CCc1cc(C(=O)N2CCCC[C@@H]2c2[nH]ncc2S(C)(=O)=O)no1. The second-order valence-electron chi connectivity index (χ2n) is 5.96. The van der Waals surface area contributed by atoms with Gasteiger partial charge in [0.25, 0.3) is 5.91 Å². The summed E-state index contributed by atoms with van der Waals surface area (Å²) < 4.78 is 29.0. The second-order valence-corrected chi connectivity index (χ2v) is 7.95. The van der Waals surface area contributed by atoms with Gasteiger partial charge in [0.05, 0.1) is 17.9 Å². The summed E-state index contributed by atoms with van der Waals surface area (Å²) in [5, 5.41) is 10.5. The van der Waals surface area contributed by atoms with Crippen LogP contribution in [0.15, 0.2) is 21.7 Å². The number of aromatic amines is 1. The van der Waals surface area contributed by atoms with E-state index in [0.717, 1.165) is 19.1 Å². The molecule has 1 saturated heterocycles. The molecule has 130 valence electrons. The Morgan fingerprint density at radius 2 is 2.25 bits per heavy atom. The van der Waals surface area contributed by atoms with Crippen LogP contribution in [0.2, 0.25) is 0 Å². The molecule has 0 unspecified atom stereocenters. The Labute approximate surface area is 140 Å². The number of sulfone groups is 1. The van der Waals surface area contributed by atoms with Gasteiger partial charge in [-0.1, -0.05) is 12.1 Å². The summed E-state index contributed by atoms with van der Waals surface area (Å²) in [6.45, 7) is 2.46. The number of H-pyrrole nitrogens is 1. The minimum absolute atomic E-state index is 0.140. The number of carbonyl (C=O) groups is 1. The summed E-state index contributed by atoms with van der Waals surface area (Å²) in [4.78, 5) is 14.6. The average Bonchev–Trinajstić information content (AvgIpc) is 3.22. The molecule has 0 radical (unpaired) electrons. The third kappa shape index (κ3) is 3.08. The summed E-state index contributed by atoms with van der Waals surface area (Å²) >= 11 is 0. The Hall–Kier alpha value is -2.16. The first-order chi connectivity index (χ1) is 11.4. The molecule has 3 heterocycles. The van der Waals surface area contributed by atoms with Crippen molar-refractivity contribution in [1.29, 1.82) is 0 Å². The molecule has 2 aromatic heterocycles. The summed E-state index contributed by atoms with van der Waals surface area (Å²) in [6.07, 6.45) is 5.55. The third-order valence-corrected chi connectivity index (χ3v) is 5.38. The Balaban J connectivity index is 1.94. The number of hydrogen-bond donors (Lipinski definition) is 1. The van der Waals surface area contributed by atoms with Crippen molar-refractivity contribution < 1.29 is 17.7 Å². The van der Waals surface area contributed by atoms with Gasteiger partial charge in [0.15, 0.2) is 15.5 Å². The number of likely N-dealkylation sites (tertiary alicyclic amines) is 1. The molecule has 24 heavy (non-hydrogen) atoms. The number of carbonyl (C=O) groups excluding carboxylic acids is 1. The number of piperidine rings is 1. The van der Waals surface area contributed by atoms with Gasteiger partial charge >= 0.3 is 0 Å². The molecule has 1 atom stereocenters. The van der Waals surface area contributed by atoms with Crippen molar-refractivity contribution in [1.82, 2.24) is 20.3 Å². The van der Waals surface area contributed by atoms with E-state index in [-0.39, 0.29) is 22.5 Å². The minimum Gasteiger partial charge on any atom is -0.361 e. The first-order valence-corrected chi connectivity index (χ1v) is 9.80. The fraction of sp³-hybridized carbons (Fsp3) is 0.533. The molecule has 2 aromatic rings. The van der Waals surface area contributed by atoms with E-state index in [2.05, 4.69) is 15.4 Å². The summed E-state index contributed by atoms with van der Waals surface area (Å²) in [7, 11) is -3.42. The fourth-order valence-corrected chi connectivity index (χ4v) is 3.85. The van der Waals surface area contributed by atoms with Crippen LogP contribution in [-0.2, 0) is 16.3 Å². The van der Waals surface area contributed by atoms with E-state index >= 15 is 0 Å². The molecular weight excluding hydrogens is 332 g/mol. The van der Waals surface area contributed by atoms with Gasteiger partial charge in [-0.15, -0.1) is 0 Å². The largest absolute Gasteiger partial charge is 0.361 e. The Bertz CT molecular complexity index is 839. The smallest absolute Gasteiger partial charge is 0.276 e. The van der Waals surface area contributed by atoms with Crippen LogP contribution >= 0.6 is 0 Å². The van der Waals surface area contributed by atoms with Gasteiger partial charge in [-0.3, -0.25) is 9.89 Å². The maximum Gasteiger partial charge on any atom is 0.276 e. The highest BCUT2D eigenvalue weighted by Gasteiger charge is 2.34. The Morgan fingerprint density at radius 1 is 1.46 bits per heavy atom. The Kier molecular flexibility index (Phi) is 4.44. The summed E-state index contributed by atoms with van der Waals surface area (Å²) in [5.74, 6) is 0.391. The molecule has 0 spiro atoms. The zero-order valence-electron chi connectivity index (χ0n) is 13.7. The predicted molar refractivity (Wildman–Crippen MR) is 85.2 cm³/mol. The first-order valence-electron chi connectivity index (χ1n) is 7.91. The molecule has 1 fully saturated rings. The number of aromatic nitrogens is 3. The number of aryl methyl sites for hydroxylation is 1. The van der Waals surface area contributed by atoms with Crippen LogP contribution in [-0.4, -0.2) is 47.4 Å². The van der Waals surface area contributed by atoms with Crippen molar-refractivity contribution in [2.24, 2.45) is 0 Å². The van der Waals surface area contributed by atoms with E-state index in [0.29, 0.717) is 30.8 Å². The minimum atomic E-state index is -3.42. The highest BCUT2D eigenvalue weighted by Crippen LogP contribution is 2.34. The van der Waals surface area contributed by atoms with Gasteiger partial charge < -0.3 is 9.42 Å². The molecule has 8 nitrogen and oxygen atoms in total. The van der Waals surface area contributed by atoms with Gasteiger partial charge in [-0.2, -0.15) is 5.10 Å². The van der Waals surface area contributed by atoms with E-state index in [4.69, 9.17) is 4.52 Å². The van der Waals surface area contributed by atoms with Crippen molar-refractivity contribution in [3.63, 3.8) is 0 Å². The van der Waals surface area contributed by atoms with E-state index in [1.54, 1.807) is 11.0 Å². The highest BCUT2D eigenvalue weighted by atomic mass is 32.2. The second kappa shape index (κ2) is 6.39. The van der Waals surface area contributed by atoms with Crippen LogP contribution in [0.5, 0.6) is 0 Å². The lowest BCUT2D eigenvalue weighted by Gasteiger charge is -2.34. The molecule has 0 aromatic carbocycles. The standard InChI is InChI=1S/C15H20N4O4S/c1-3-10-8-11(18-23-10)15(20)19-7-5-4-6-12(19)14-13(9-16-17-14)24(2,21)22/h8-9,12H,3-7H2,1-2H3,(H,16,17)/t12-/m1/s1. The lowest BCUT2D eigenvalue weighted by Crippen LogP contribution is -2.39. The van der Waals surface area contributed by atoms with Crippen LogP contribution < -0.4 is 0 Å². The quantitative estimate of drug-likeness (QED) is 0.897. The van der Waals surface area contributed by atoms with E-state index in [9.17, 15) is 13.2 Å². The number of rotatable bonds is 4. The normalized spacial score (nSPS) is 18.8. The zero-order chi connectivity index (χ0) is 17.3. The molecule has 1 amide bonds. The van der Waals surface area contributed by atoms with Crippen LogP contribution in [0.1, 0.15) is 54.2 Å². The maximum absolute atomic E-state index is 12.8. The molecule has 9 heteroatoms. The molecule has 1 aliphatic heterocycles. The number of amides is 1. The van der Waals surface area contributed by atoms with Crippen LogP contribution in [0.25, 0.3) is 0 Å². The van der Waals surface area contributed by atoms with Crippen LogP contribution in [0.3, 0.4) is 0 Å². The van der Waals surface area contributed by atoms with Gasteiger partial charge in [0.1, 0.15) is 10.7 Å². The Morgan fingerprint density at radius 3 is 2.92 bits per heavy atom. The molecule has 1 aliphatic rings.